The zero-order valence-corrected chi connectivity index (χ0v) is 21.5. The summed E-state index contributed by atoms with van der Waals surface area (Å²) in [5.74, 6) is 0.651. The number of methoxy groups -OCH3 is 1. The molecule has 1 saturated heterocycles. The van der Waals surface area contributed by atoms with Crippen LogP contribution in [0, 0.1) is 5.92 Å². The lowest BCUT2D eigenvalue weighted by atomic mass is 10.00. The first kappa shape index (κ1) is 25.9. The van der Waals surface area contributed by atoms with Crippen molar-refractivity contribution in [1.29, 1.82) is 0 Å². The van der Waals surface area contributed by atoms with Crippen molar-refractivity contribution in [3.63, 3.8) is 0 Å². The third-order valence-electron chi connectivity index (χ3n) is 7.21. The first-order valence-electron chi connectivity index (χ1n) is 12.9. The number of alkyl halides is 2. The van der Waals surface area contributed by atoms with Gasteiger partial charge in [0.2, 0.25) is 5.91 Å². The van der Waals surface area contributed by atoms with E-state index in [1.54, 1.807) is 41.9 Å². The van der Waals surface area contributed by atoms with E-state index in [0.717, 1.165) is 38.6 Å². The molecule has 1 unspecified atom stereocenters. The number of halogens is 2. The molecule has 8 nitrogen and oxygen atoms in total. The van der Waals surface area contributed by atoms with Gasteiger partial charge >= 0.3 is 6.61 Å². The van der Waals surface area contributed by atoms with Gasteiger partial charge in [0.15, 0.2) is 5.78 Å². The van der Waals surface area contributed by atoms with Crippen molar-refractivity contribution in [2.75, 3.05) is 20.3 Å². The number of nitrogens with zero attached hydrogens (tertiary/aromatic N) is 3. The van der Waals surface area contributed by atoms with Crippen molar-refractivity contribution in [2.45, 2.75) is 58.1 Å². The summed E-state index contributed by atoms with van der Waals surface area (Å²) in [5, 5.41) is 0. The number of carbonyl (C=O) groups is 2. The molecule has 1 aromatic carbocycles. The van der Waals surface area contributed by atoms with E-state index >= 15 is 0 Å². The van der Waals surface area contributed by atoms with Crippen LogP contribution in [0.3, 0.4) is 0 Å². The number of benzene rings is 1. The molecule has 1 aliphatic carbocycles. The highest BCUT2D eigenvalue weighted by molar-refractivity contribution is 6.02. The summed E-state index contributed by atoms with van der Waals surface area (Å²) in [5.41, 5.74) is 1.75. The Morgan fingerprint density at radius 1 is 1.13 bits per heavy atom. The van der Waals surface area contributed by atoms with Gasteiger partial charge in [0.1, 0.15) is 35.1 Å². The maximum atomic E-state index is 13.3. The molecule has 0 spiro atoms. The second-order valence-electron chi connectivity index (χ2n) is 9.91. The number of pyridine rings is 1. The van der Waals surface area contributed by atoms with Crippen molar-refractivity contribution in [1.82, 2.24) is 14.3 Å². The minimum atomic E-state index is -3.09. The van der Waals surface area contributed by atoms with Gasteiger partial charge in [0.05, 0.1) is 25.0 Å². The minimum Gasteiger partial charge on any atom is -0.496 e. The molecule has 3 heterocycles. The number of ether oxygens (including phenoxy) is 3. The van der Waals surface area contributed by atoms with Crippen molar-refractivity contribution < 1.29 is 32.6 Å². The van der Waals surface area contributed by atoms with Crippen LogP contribution in [0.25, 0.3) is 16.9 Å². The maximum Gasteiger partial charge on any atom is 0.387 e. The van der Waals surface area contributed by atoms with E-state index in [1.165, 1.54) is 13.2 Å². The number of hydrogen-bond acceptors (Lipinski definition) is 6. The largest absolute Gasteiger partial charge is 0.496 e. The van der Waals surface area contributed by atoms with Crippen molar-refractivity contribution >= 4 is 17.3 Å². The van der Waals surface area contributed by atoms with Gasteiger partial charge < -0.3 is 19.1 Å². The molecule has 1 amide bonds. The second kappa shape index (κ2) is 11.0. The van der Waals surface area contributed by atoms with Gasteiger partial charge in [-0.3, -0.25) is 14.0 Å². The summed E-state index contributed by atoms with van der Waals surface area (Å²) in [6.07, 6.45) is 8.56. The fraction of sp³-hybridized carbons (Fsp3) is 0.464. The standard InChI is InChI=1S/C28H31F2N3O5/c1-17(34)32-9-4-3-5-20(32)16-37-21-8-10-33-22(15-31-26(33)14-21)19-12-24(36-2)27(23(35)11-18-6-7-18)25(13-19)38-28(29)30/h8,10,12-15,18,20,28H,3-7,9,11,16H2,1-2H3. The Balaban J connectivity index is 1.41. The molecule has 1 atom stereocenters. The van der Waals surface area contributed by atoms with Crippen LogP contribution >= 0.6 is 0 Å². The summed E-state index contributed by atoms with van der Waals surface area (Å²) in [4.78, 5) is 31.2. The van der Waals surface area contributed by atoms with Crippen LogP contribution < -0.4 is 14.2 Å². The molecule has 5 rings (SSSR count). The summed E-state index contributed by atoms with van der Waals surface area (Å²) < 4.78 is 44.6. The first-order chi connectivity index (χ1) is 18.3. The molecule has 1 saturated carbocycles. The van der Waals surface area contributed by atoms with E-state index in [0.29, 0.717) is 29.3 Å². The van der Waals surface area contributed by atoms with Crippen molar-refractivity contribution in [2.24, 2.45) is 5.92 Å². The number of carbonyl (C=O) groups excluding carboxylic acids is 2. The van der Waals surface area contributed by atoms with E-state index in [1.807, 2.05) is 4.90 Å². The highest BCUT2D eigenvalue weighted by atomic mass is 19.3. The summed E-state index contributed by atoms with van der Waals surface area (Å²) in [7, 11) is 1.40. The third kappa shape index (κ3) is 5.58. The predicted octanol–water partition coefficient (Wildman–Crippen LogP) is 5.37. The Hall–Kier alpha value is -3.69. The van der Waals surface area contributed by atoms with E-state index in [-0.39, 0.29) is 47.1 Å². The molecule has 0 bridgehead atoms. The maximum absolute atomic E-state index is 13.3. The fourth-order valence-corrected chi connectivity index (χ4v) is 5.09. The average Bonchev–Trinajstić information content (AvgIpc) is 3.61. The molecular formula is C28H31F2N3O5. The Labute approximate surface area is 219 Å². The Morgan fingerprint density at radius 3 is 2.63 bits per heavy atom. The monoisotopic (exact) mass is 527 g/mol. The normalized spacial score (nSPS) is 17.6. The van der Waals surface area contributed by atoms with Gasteiger partial charge in [-0.05, 0) is 56.2 Å². The molecule has 1 aliphatic heterocycles. The first-order valence-corrected chi connectivity index (χ1v) is 12.9. The molecule has 2 aromatic heterocycles. The Bertz CT molecular complexity index is 1340. The quantitative estimate of drug-likeness (QED) is 0.330. The van der Waals surface area contributed by atoms with Gasteiger partial charge in [0, 0.05) is 37.7 Å². The van der Waals surface area contributed by atoms with Crippen LogP contribution in [0.5, 0.6) is 17.2 Å². The third-order valence-corrected chi connectivity index (χ3v) is 7.21. The SMILES string of the molecule is COc1cc(-c2cnc3cc(OCC4CCCCN4C(C)=O)ccn23)cc(OC(F)F)c1C(=O)CC1CC1. The molecule has 0 radical (unpaired) electrons. The number of aromatic nitrogens is 2. The predicted molar refractivity (Wildman–Crippen MR) is 136 cm³/mol. The van der Waals surface area contributed by atoms with Crippen LogP contribution in [0.2, 0.25) is 0 Å². The number of amides is 1. The van der Waals surface area contributed by atoms with Crippen LogP contribution in [0.1, 0.15) is 55.8 Å². The van der Waals surface area contributed by atoms with Crippen molar-refractivity contribution in [3.05, 3.63) is 42.2 Å². The number of likely N-dealkylation sites (tertiary alicyclic amines) is 1. The number of imidazole rings is 1. The number of rotatable bonds is 10. The van der Waals surface area contributed by atoms with Gasteiger partial charge in [0.25, 0.3) is 0 Å². The highest BCUT2D eigenvalue weighted by Crippen LogP contribution is 2.40. The molecule has 3 aromatic rings. The lowest BCUT2D eigenvalue weighted by Gasteiger charge is -2.34. The summed E-state index contributed by atoms with van der Waals surface area (Å²) >= 11 is 0. The Kier molecular flexibility index (Phi) is 7.49. The van der Waals surface area contributed by atoms with Crippen LogP contribution in [-0.2, 0) is 4.79 Å². The molecule has 10 heteroatoms. The number of piperidine rings is 1. The molecule has 38 heavy (non-hydrogen) atoms. The zero-order chi connectivity index (χ0) is 26.8. The van der Waals surface area contributed by atoms with Crippen LogP contribution in [-0.4, -0.2) is 58.9 Å². The van der Waals surface area contributed by atoms with Crippen LogP contribution in [0.4, 0.5) is 8.78 Å². The van der Waals surface area contributed by atoms with Gasteiger partial charge in [-0.1, -0.05) is 0 Å². The number of ketones is 1. The average molecular weight is 528 g/mol. The lowest BCUT2D eigenvalue weighted by Crippen LogP contribution is -2.45. The summed E-state index contributed by atoms with van der Waals surface area (Å²) in [6.45, 7) is -0.366. The zero-order valence-electron chi connectivity index (χ0n) is 21.5. The fourth-order valence-electron chi connectivity index (χ4n) is 5.09. The van der Waals surface area contributed by atoms with Gasteiger partial charge in [-0.2, -0.15) is 8.78 Å². The number of fused-ring (bicyclic) bond motifs is 1. The van der Waals surface area contributed by atoms with E-state index in [9.17, 15) is 18.4 Å². The Morgan fingerprint density at radius 2 is 1.92 bits per heavy atom. The molecule has 2 fully saturated rings. The molecular weight excluding hydrogens is 496 g/mol. The van der Waals surface area contributed by atoms with Crippen molar-refractivity contribution in [3.8, 4) is 28.5 Å². The van der Waals surface area contributed by atoms with Gasteiger partial charge in [-0.25, -0.2) is 4.98 Å². The number of Topliss-reactive ketones (excluding diaryl/α,β-unsaturated/α-hetero) is 1. The van der Waals surface area contributed by atoms with E-state index < -0.39 is 6.61 Å². The van der Waals surface area contributed by atoms with E-state index in [4.69, 9.17) is 14.2 Å². The second-order valence-corrected chi connectivity index (χ2v) is 9.91. The summed E-state index contributed by atoms with van der Waals surface area (Å²) in [6, 6.07) is 6.69. The topological polar surface area (TPSA) is 82.4 Å². The minimum absolute atomic E-state index is 0.0367. The smallest absolute Gasteiger partial charge is 0.387 e. The lowest BCUT2D eigenvalue weighted by molar-refractivity contribution is -0.133. The van der Waals surface area contributed by atoms with Crippen LogP contribution in [0.15, 0.2) is 36.7 Å². The molecule has 202 valence electrons. The number of hydrogen-bond donors (Lipinski definition) is 0. The molecule has 2 aliphatic rings. The van der Waals surface area contributed by atoms with Gasteiger partial charge in [-0.15, -0.1) is 0 Å². The van der Waals surface area contributed by atoms with E-state index in [2.05, 4.69) is 4.98 Å². The highest BCUT2D eigenvalue weighted by Gasteiger charge is 2.30. The molecule has 0 N–H and O–H groups in total.